The number of pyridine rings is 1. The minimum atomic E-state index is 0.767. The van der Waals surface area contributed by atoms with Crippen LogP contribution in [0.5, 0.6) is 0 Å². The highest BCUT2D eigenvalue weighted by atomic mass is 16.4. The second-order valence-corrected chi connectivity index (χ2v) is 14.0. The van der Waals surface area contributed by atoms with E-state index in [0.717, 1.165) is 90.2 Å². The van der Waals surface area contributed by atoms with Gasteiger partial charge < -0.3 is 19.1 Å². The van der Waals surface area contributed by atoms with Gasteiger partial charge in [-0.3, -0.25) is 4.98 Å². The molecule has 0 atom stereocenters. The Morgan fingerprint density at radius 1 is 0.491 bits per heavy atom. The summed E-state index contributed by atoms with van der Waals surface area (Å²) in [6, 6.07) is 55.9. The van der Waals surface area contributed by atoms with Gasteiger partial charge in [0, 0.05) is 68.8 Å². The van der Waals surface area contributed by atoms with Gasteiger partial charge in [-0.2, -0.15) is 0 Å². The highest BCUT2D eigenvalue weighted by molar-refractivity contribution is 6.09. The molecule has 0 amide bonds. The van der Waals surface area contributed by atoms with E-state index in [2.05, 4.69) is 167 Å². The maximum atomic E-state index is 6.37. The predicted molar refractivity (Wildman–Crippen MR) is 227 cm³/mol. The lowest BCUT2D eigenvalue weighted by Gasteiger charge is -2.26. The maximum absolute atomic E-state index is 6.37. The average molecular weight is 708 g/mol. The fraction of sp³-hybridized carbons (Fsp3) is 0.0200. The third-order valence-electron chi connectivity index (χ3n) is 10.8. The van der Waals surface area contributed by atoms with Crippen molar-refractivity contribution in [1.82, 2.24) is 4.98 Å². The first-order valence-corrected chi connectivity index (χ1v) is 18.6. The lowest BCUT2D eigenvalue weighted by molar-refractivity contribution is 0.629. The fourth-order valence-corrected chi connectivity index (χ4v) is 8.03. The Bertz CT molecular complexity index is 3080. The summed E-state index contributed by atoms with van der Waals surface area (Å²) < 4.78 is 12.7. The Morgan fingerprint density at radius 2 is 1.13 bits per heavy atom. The SMILES string of the molecule is C1=Cc2c(oc3c(-c4ccc(N(c5ccc(-c6ccc7ccccc7c6)cc5)c5ccc(-c6cncc7c6oc6ccccc67)cc5)cc4)cccc23)NC1. The predicted octanol–water partition coefficient (Wildman–Crippen LogP) is 13.8. The van der Waals surface area contributed by atoms with Gasteiger partial charge in [-0.05, 0) is 81.6 Å². The Labute approximate surface area is 317 Å². The number of nitrogens with one attached hydrogen (secondary N) is 1. The van der Waals surface area contributed by atoms with Gasteiger partial charge in [0.1, 0.15) is 16.7 Å². The van der Waals surface area contributed by atoms with E-state index in [-0.39, 0.29) is 0 Å². The van der Waals surface area contributed by atoms with E-state index in [1.54, 1.807) is 0 Å². The molecule has 0 saturated heterocycles. The monoisotopic (exact) mass is 707 g/mol. The molecule has 1 aliphatic heterocycles. The van der Waals surface area contributed by atoms with Gasteiger partial charge in [-0.15, -0.1) is 0 Å². The summed E-state index contributed by atoms with van der Waals surface area (Å²) in [4.78, 5) is 6.91. The third kappa shape index (κ3) is 5.28. The number of anilines is 4. The first-order chi connectivity index (χ1) is 27.2. The Kier molecular flexibility index (Phi) is 7.17. The number of aromatic nitrogens is 1. The minimum Gasteiger partial charge on any atom is -0.455 e. The van der Waals surface area contributed by atoms with Crippen LogP contribution in [0, 0.1) is 0 Å². The minimum absolute atomic E-state index is 0.767. The number of hydrogen-bond donors (Lipinski definition) is 1. The molecule has 5 nitrogen and oxygen atoms in total. The Morgan fingerprint density at radius 3 is 1.91 bits per heavy atom. The van der Waals surface area contributed by atoms with Gasteiger partial charge in [0.15, 0.2) is 0 Å². The maximum Gasteiger partial charge on any atom is 0.201 e. The first kappa shape index (κ1) is 31.2. The number of fused-ring (bicyclic) bond motifs is 7. The molecule has 0 bridgehead atoms. The van der Waals surface area contributed by atoms with E-state index in [0.29, 0.717) is 0 Å². The van der Waals surface area contributed by atoms with Gasteiger partial charge in [-0.1, -0.05) is 121 Å². The topological polar surface area (TPSA) is 54.4 Å². The van der Waals surface area contributed by atoms with E-state index in [9.17, 15) is 0 Å². The summed E-state index contributed by atoms with van der Waals surface area (Å²) in [5.41, 5.74) is 13.4. The number of hydrogen-bond acceptors (Lipinski definition) is 5. The van der Waals surface area contributed by atoms with Crippen molar-refractivity contribution in [2.24, 2.45) is 0 Å². The van der Waals surface area contributed by atoms with Crippen molar-refractivity contribution in [2.45, 2.75) is 0 Å². The van der Waals surface area contributed by atoms with Crippen molar-refractivity contribution in [3.63, 3.8) is 0 Å². The van der Waals surface area contributed by atoms with Crippen LogP contribution in [0.15, 0.2) is 185 Å². The third-order valence-corrected chi connectivity index (χ3v) is 10.8. The Balaban J connectivity index is 0.990. The van der Waals surface area contributed by atoms with Gasteiger partial charge in [-0.25, -0.2) is 0 Å². The smallest absolute Gasteiger partial charge is 0.201 e. The molecular formula is C50H33N3O2. The summed E-state index contributed by atoms with van der Waals surface area (Å²) in [5.74, 6) is 0.829. The molecule has 0 unspecified atom stereocenters. The van der Waals surface area contributed by atoms with E-state index in [1.807, 2.05) is 30.6 Å². The second-order valence-electron chi connectivity index (χ2n) is 14.0. The molecule has 55 heavy (non-hydrogen) atoms. The molecule has 10 aromatic rings. The van der Waals surface area contributed by atoms with Crippen LogP contribution in [0.2, 0.25) is 0 Å². The van der Waals surface area contributed by atoms with Crippen LogP contribution in [0.1, 0.15) is 5.56 Å². The van der Waals surface area contributed by atoms with E-state index in [1.165, 1.54) is 21.9 Å². The standard InChI is InChI=1S/C50H33N3O2/c1-2-8-36-29-37(15-14-32(36)7-1)33-16-22-38(23-17-33)53(39-24-18-34(19-25-39)41-10-5-11-43-44-12-6-28-52-50(44)55-48(41)43)40-26-20-35(21-27-40)45-30-51-31-46-42-9-3-4-13-47(42)54-49(45)46/h1-27,29-31,52H,28H2. The fourth-order valence-electron chi connectivity index (χ4n) is 8.03. The lowest BCUT2D eigenvalue weighted by Crippen LogP contribution is -2.09. The molecule has 260 valence electrons. The first-order valence-electron chi connectivity index (χ1n) is 18.6. The molecular weight excluding hydrogens is 675 g/mol. The van der Waals surface area contributed by atoms with Crippen molar-refractivity contribution in [1.29, 1.82) is 0 Å². The van der Waals surface area contributed by atoms with Crippen LogP contribution in [0.4, 0.5) is 22.9 Å². The quantitative estimate of drug-likeness (QED) is 0.186. The van der Waals surface area contributed by atoms with E-state index in [4.69, 9.17) is 8.83 Å². The number of rotatable bonds is 6. The van der Waals surface area contributed by atoms with E-state index < -0.39 is 0 Å². The highest BCUT2D eigenvalue weighted by Gasteiger charge is 2.19. The summed E-state index contributed by atoms with van der Waals surface area (Å²) in [5, 5.41) is 9.05. The molecule has 4 heterocycles. The summed E-state index contributed by atoms with van der Waals surface area (Å²) in [6.07, 6.45) is 8.06. The van der Waals surface area contributed by atoms with Crippen molar-refractivity contribution >= 4 is 72.7 Å². The van der Waals surface area contributed by atoms with Crippen LogP contribution in [-0.4, -0.2) is 11.5 Å². The molecule has 0 saturated carbocycles. The molecule has 1 aliphatic rings. The van der Waals surface area contributed by atoms with Gasteiger partial charge in [0.25, 0.3) is 0 Å². The normalized spacial score (nSPS) is 12.4. The molecule has 0 spiro atoms. The summed E-state index contributed by atoms with van der Waals surface area (Å²) >= 11 is 0. The van der Waals surface area contributed by atoms with Crippen molar-refractivity contribution in [3.05, 3.63) is 182 Å². The van der Waals surface area contributed by atoms with Gasteiger partial charge in [0.05, 0.1) is 0 Å². The lowest BCUT2D eigenvalue weighted by atomic mass is 10.00. The van der Waals surface area contributed by atoms with Gasteiger partial charge in [0.2, 0.25) is 5.88 Å². The zero-order chi connectivity index (χ0) is 36.3. The highest BCUT2D eigenvalue weighted by Crippen LogP contribution is 2.42. The van der Waals surface area contributed by atoms with E-state index >= 15 is 0 Å². The Hall–Kier alpha value is -7.37. The van der Waals surface area contributed by atoms with Crippen LogP contribution < -0.4 is 10.2 Å². The average Bonchev–Trinajstić information content (AvgIpc) is 3.83. The zero-order valence-electron chi connectivity index (χ0n) is 29.7. The largest absolute Gasteiger partial charge is 0.455 e. The molecule has 0 fully saturated rings. The summed E-state index contributed by atoms with van der Waals surface area (Å²) in [7, 11) is 0. The molecule has 5 heteroatoms. The molecule has 1 N–H and O–H groups in total. The molecule has 0 aliphatic carbocycles. The van der Waals surface area contributed by atoms with Crippen molar-refractivity contribution in [3.8, 4) is 33.4 Å². The zero-order valence-corrected chi connectivity index (χ0v) is 29.7. The number of benzene rings is 7. The van der Waals surface area contributed by atoms with Crippen LogP contribution >= 0.6 is 0 Å². The van der Waals surface area contributed by atoms with Gasteiger partial charge >= 0.3 is 0 Å². The molecule has 7 aromatic carbocycles. The second kappa shape index (κ2) is 12.6. The molecule has 0 radical (unpaired) electrons. The number of para-hydroxylation sites is 2. The van der Waals surface area contributed by atoms with Crippen LogP contribution in [0.25, 0.3) is 83.1 Å². The number of furan rings is 2. The molecule has 3 aromatic heterocycles. The number of nitrogens with zero attached hydrogens (tertiary/aromatic N) is 2. The van der Waals surface area contributed by atoms with Crippen LogP contribution in [0.3, 0.4) is 0 Å². The van der Waals surface area contributed by atoms with Crippen molar-refractivity contribution in [2.75, 3.05) is 16.8 Å². The summed E-state index contributed by atoms with van der Waals surface area (Å²) in [6.45, 7) is 0.767. The van der Waals surface area contributed by atoms with Crippen LogP contribution in [-0.2, 0) is 0 Å². The molecule has 11 rings (SSSR count). The van der Waals surface area contributed by atoms with Crippen molar-refractivity contribution < 1.29 is 8.83 Å².